The Morgan fingerprint density at radius 3 is 2.44 bits per heavy atom. The monoisotopic (exact) mass is 501 g/mol. The smallest absolute Gasteiger partial charge is 0.291 e. The summed E-state index contributed by atoms with van der Waals surface area (Å²) in [5.41, 5.74) is 3.40. The van der Waals surface area contributed by atoms with Crippen LogP contribution >= 0.6 is 11.6 Å². The van der Waals surface area contributed by atoms with Crippen LogP contribution in [0.4, 0.5) is 0 Å². The molecule has 0 saturated carbocycles. The average Bonchev–Trinajstić information content (AvgIpc) is 3.15. The molecule has 0 spiro atoms. The number of carbonyl (C=O) groups excluding carboxylic acids is 1. The van der Waals surface area contributed by atoms with Gasteiger partial charge in [0.05, 0.1) is 23.6 Å². The van der Waals surface area contributed by atoms with Crippen molar-refractivity contribution in [3.63, 3.8) is 0 Å². The minimum Gasteiger partial charge on any atom is -0.494 e. The molecule has 0 radical (unpaired) electrons. The van der Waals surface area contributed by atoms with Crippen molar-refractivity contribution in [1.82, 2.24) is 4.90 Å². The largest absolute Gasteiger partial charge is 0.494 e. The van der Waals surface area contributed by atoms with E-state index in [1.54, 1.807) is 23.1 Å². The number of aryl methyl sites for hydroxylation is 1. The van der Waals surface area contributed by atoms with Gasteiger partial charge in [0.15, 0.2) is 5.43 Å². The maximum absolute atomic E-state index is 13.7. The molecular formula is C30H28ClNO4. The Kier molecular flexibility index (Phi) is 6.84. The van der Waals surface area contributed by atoms with Crippen LogP contribution in [0.3, 0.4) is 0 Å². The molecular weight excluding hydrogens is 474 g/mol. The summed E-state index contributed by atoms with van der Waals surface area (Å²) < 4.78 is 11.9. The van der Waals surface area contributed by atoms with Crippen LogP contribution < -0.4 is 10.2 Å². The van der Waals surface area contributed by atoms with Gasteiger partial charge < -0.3 is 14.1 Å². The van der Waals surface area contributed by atoms with E-state index < -0.39 is 6.04 Å². The predicted molar refractivity (Wildman–Crippen MR) is 142 cm³/mol. The van der Waals surface area contributed by atoms with Crippen LogP contribution in [-0.4, -0.2) is 17.4 Å². The number of rotatable bonds is 8. The number of amides is 1. The first-order valence-corrected chi connectivity index (χ1v) is 12.7. The normalized spacial score (nSPS) is 14.9. The molecule has 5 rings (SSSR count). The van der Waals surface area contributed by atoms with Gasteiger partial charge in [0, 0.05) is 11.6 Å². The SMILES string of the molecule is CCCCCOc1ccc(C2c3c(oc4ccc(Cl)cc4c3=O)C(=O)N2Cc2ccc(C)cc2)cc1. The molecule has 36 heavy (non-hydrogen) atoms. The molecule has 3 aromatic carbocycles. The van der Waals surface area contributed by atoms with Crippen LogP contribution in [0.15, 0.2) is 75.9 Å². The summed E-state index contributed by atoms with van der Waals surface area (Å²) in [6, 6.07) is 20.0. The molecule has 0 saturated heterocycles. The fourth-order valence-electron chi connectivity index (χ4n) is 4.68. The first-order valence-electron chi connectivity index (χ1n) is 12.3. The van der Waals surface area contributed by atoms with Gasteiger partial charge in [0.2, 0.25) is 5.76 Å². The third-order valence-electron chi connectivity index (χ3n) is 6.61. The van der Waals surface area contributed by atoms with Crippen LogP contribution in [-0.2, 0) is 6.54 Å². The van der Waals surface area contributed by atoms with Gasteiger partial charge in [-0.05, 0) is 54.8 Å². The van der Waals surface area contributed by atoms with Crippen molar-refractivity contribution < 1.29 is 13.9 Å². The summed E-state index contributed by atoms with van der Waals surface area (Å²) >= 11 is 6.18. The minimum atomic E-state index is -0.581. The van der Waals surface area contributed by atoms with E-state index >= 15 is 0 Å². The summed E-state index contributed by atoms with van der Waals surface area (Å²) in [6.07, 6.45) is 3.27. The second-order valence-corrected chi connectivity index (χ2v) is 9.70. The zero-order valence-electron chi connectivity index (χ0n) is 20.4. The molecule has 1 aliphatic heterocycles. The molecule has 0 fully saturated rings. The van der Waals surface area contributed by atoms with Crippen molar-refractivity contribution in [2.24, 2.45) is 0 Å². The third-order valence-corrected chi connectivity index (χ3v) is 6.85. The molecule has 1 aliphatic rings. The lowest BCUT2D eigenvalue weighted by Crippen LogP contribution is -2.29. The van der Waals surface area contributed by atoms with Gasteiger partial charge in [-0.25, -0.2) is 0 Å². The Balaban J connectivity index is 1.57. The predicted octanol–water partition coefficient (Wildman–Crippen LogP) is 7.07. The first-order chi connectivity index (χ1) is 17.5. The fraction of sp³-hybridized carbons (Fsp3) is 0.267. The number of unbranched alkanes of at least 4 members (excludes halogenated alkanes) is 2. The van der Waals surface area contributed by atoms with Crippen molar-refractivity contribution in [3.8, 4) is 5.75 Å². The summed E-state index contributed by atoms with van der Waals surface area (Å²) in [6.45, 7) is 5.19. The number of halogens is 1. The Morgan fingerprint density at radius 2 is 1.72 bits per heavy atom. The zero-order chi connectivity index (χ0) is 25.2. The molecule has 1 atom stereocenters. The molecule has 2 heterocycles. The highest BCUT2D eigenvalue weighted by Gasteiger charge is 2.42. The van der Waals surface area contributed by atoms with Gasteiger partial charge in [-0.1, -0.05) is 73.3 Å². The van der Waals surface area contributed by atoms with Crippen molar-refractivity contribution in [2.45, 2.75) is 45.7 Å². The van der Waals surface area contributed by atoms with Gasteiger partial charge in [-0.15, -0.1) is 0 Å². The highest BCUT2D eigenvalue weighted by Crippen LogP contribution is 2.39. The number of nitrogens with zero attached hydrogens (tertiary/aromatic N) is 1. The lowest BCUT2D eigenvalue weighted by molar-refractivity contribution is 0.0714. The zero-order valence-corrected chi connectivity index (χ0v) is 21.2. The van der Waals surface area contributed by atoms with Gasteiger partial charge >= 0.3 is 0 Å². The minimum absolute atomic E-state index is 0.0897. The maximum atomic E-state index is 13.7. The summed E-state index contributed by atoms with van der Waals surface area (Å²) in [4.78, 5) is 29.0. The lowest BCUT2D eigenvalue weighted by Gasteiger charge is -2.25. The van der Waals surface area contributed by atoms with E-state index in [2.05, 4.69) is 6.92 Å². The highest BCUT2D eigenvalue weighted by atomic mass is 35.5. The molecule has 1 amide bonds. The highest BCUT2D eigenvalue weighted by molar-refractivity contribution is 6.31. The molecule has 0 bridgehead atoms. The second kappa shape index (κ2) is 10.2. The van der Waals surface area contributed by atoms with E-state index in [4.69, 9.17) is 20.8 Å². The Morgan fingerprint density at radius 1 is 0.972 bits per heavy atom. The van der Waals surface area contributed by atoms with Gasteiger partial charge in [0.25, 0.3) is 5.91 Å². The standard InChI is InChI=1S/C30H28ClNO4/c1-3-4-5-16-35-23-13-10-21(11-14-23)27-26-28(33)24-17-22(31)12-15-25(24)36-29(26)30(34)32(27)18-20-8-6-19(2)7-9-20/h6-15,17,27H,3-5,16,18H2,1-2H3. The molecule has 4 aromatic rings. The molecule has 0 N–H and O–H groups in total. The second-order valence-electron chi connectivity index (χ2n) is 9.26. The van der Waals surface area contributed by atoms with E-state index in [-0.39, 0.29) is 17.1 Å². The summed E-state index contributed by atoms with van der Waals surface area (Å²) in [5, 5.41) is 0.809. The third kappa shape index (κ3) is 4.63. The van der Waals surface area contributed by atoms with Crippen LogP contribution in [0.2, 0.25) is 5.02 Å². The van der Waals surface area contributed by atoms with Crippen molar-refractivity contribution in [1.29, 1.82) is 0 Å². The van der Waals surface area contributed by atoms with Gasteiger partial charge in [-0.3, -0.25) is 9.59 Å². The number of ether oxygens (including phenoxy) is 1. The first kappa shape index (κ1) is 24.1. The number of benzene rings is 3. The molecule has 1 aromatic heterocycles. The summed E-state index contributed by atoms with van der Waals surface area (Å²) in [7, 11) is 0. The number of fused-ring (bicyclic) bond motifs is 2. The summed E-state index contributed by atoms with van der Waals surface area (Å²) in [5.74, 6) is 0.554. The lowest BCUT2D eigenvalue weighted by atomic mass is 9.98. The van der Waals surface area contributed by atoms with E-state index in [1.807, 2.05) is 55.5 Å². The van der Waals surface area contributed by atoms with E-state index in [0.717, 1.165) is 41.7 Å². The van der Waals surface area contributed by atoms with Crippen LogP contribution in [0.25, 0.3) is 11.0 Å². The molecule has 5 nitrogen and oxygen atoms in total. The van der Waals surface area contributed by atoms with Crippen LogP contribution in [0.1, 0.15) is 65.0 Å². The van der Waals surface area contributed by atoms with Crippen LogP contribution in [0, 0.1) is 6.92 Å². The Bertz CT molecular complexity index is 1460. The number of hydrogen-bond acceptors (Lipinski definition) is 4. The fourth-order valence-corrected chi connectivity index (χ4v) is 4.85. The van der Waals surface area contributed by atoms with E-state index in [0.29, 0.717) is 34.7 Å². The van der Waals surface area contributed by atoms with Gasteiger partial charge in [0.1, 0.15) is 11.3 Å². The molecule has 0 aliphatic carbocycles. The van der Waals surface area contributed by atoms with E-state index in [9.17, 15) is 9.59 Å². The van der Waals surface area contributed by atoms with Crippen molar-refractivity contribution >= 4 is 28.5 Å². The molecule has 184 valence electrons. The quantitative estimate of drug-likeness (QED) is 0.242. The van der Waals surface area contributed by atoms with E-state index in [1.165, 1.54) is 0 Å². The van der Waals surface area contributed by atoms with Gasteiger partial charge in [-0.2, -0.15) is 0 Å². The molecule has 1 unspecified atom stereocenters. The number of hydrogen-bond donors (Lipinski definition) is 0. The van der Waals surface area contributed by atoms with Crippen molar-refractivity contribution in [3.05, 3.63) is 110 Å². The average molecular weight is 502 g/mol. The topological polar surface area (TPSA) is 59.8 Å². The van der Waals surface area contributed by atoms with Crippen LogP contribution in [0.5, 0.6) is 5.75 Å². The molecule has 6 heteroatoms. The Labute approximate surface area is 215 Å². The Hall–Kier alpha value is -3.57. The van der Waals surface area contributed by atoms with Crippen molar-refractivity contribution in [2.75, 3.05) is 6.61 Å². The number of carbonyl (C=O) groups is 1. The maximum Gasteiger partial charge on any atom is 0.291 e.